The Kier molecular flexibility index (Phi) is 4.20. The summed E-state index contributed by atoms with van der Waals surface area (Å²) in [6, 6.07) is 0. The quantitative estimate of drug-likeness (QED) is 0.815. The summed E-state index contributed by atoms with van der Waals surface area (Å²) < 4.78 is 25.4. The van der Waals surface area contributed by atoms with Gasteiger partial charge in [0.2, 0.25) is 5.91 Å². The van der Waals surface area contributed by atoms with E-state index in [0.29, 0.717) is 6.42 Å². The topological polar surface area (TPSA) is 46.9 Å². The Morgan fingerprint density at radius 1 is 1.67 bits per heavy atom. The minimum Gasteiger partial charge on any atom is -0.349 e. The number of halogens is 2. The van der Waals surface area contributed by atoms with Gasteiger partial charge in [0.05, 0.1) is 6.54 Å². The van der Waals surface area contributed by atoms with E-state index in [2.05, 4.69) is 10.3 Å². The molecule has 0 saturated heterocycles. The van der Waals surface area contributed by atoms with Crippen LogP contribution in [-0.2, 0) is 11.3 Å². The zero-order valence-corrected chi connectivity index (χ0v) is 8.41. The zero-order valence-electron chi connectivity index (χ0n) is 8.41. The van der Waals surface area contributed by atoms with Crippen LogP contribution >= 0.6 is 0 Å². The molecule has 1 heterocycles. The van der Waals surface area contributed by atoms with Gasteiger partial charge in [0.1, 0.15) is 5.82 Å². The second-order valence-corrected chi connectivity index (χ2v) is 3.06. The molecule has 6 heteroatoms. The van der Waals surface area contributed by atoms with Crippen molar-refractivity contribution in [3.63, 3.8) is 0 Å². The molecule has 0 radical (unpaired) electrons. The van der Waals surface area contributed by atoms with E-state index < -0.39 is 6.55 Å². The second-order valence-electron chi connectivity index (χ2n) is 3.06. The molecule has 0 bridgehead atoms. The minimum absolute atomic E-state index is 0.0379. The van der Waals surface area contributed by atoms with E-state index in [1.807, 2.05) is 6.92 Å². The van der Waals surface area contributed by atoms with Gasteiger partial charge in [0, 0.05) is 18.8 Å². The maximum Gasteiger partial charge on any atom is 0.319 e. The van der Waals surface area contributed by atoms with Crippen molar-refractivity contribution in [1.29, 1.82) is 0 Å². The van der Waals surface area contributed by atoms with Crippen molar-refractivity contribution >= 4 is 5.91 Å². The Balaban J connectivity index is 2.50. The number of hydrogen-bond donors (Lipinski definition) is 1. The predicted octanol–water partition coefficient (Wildman–Crippen LogP) is 1.69. The summed E-state index contributed by atoms with van der Waals surface area (Å²) in [7, 11) is 0. The molecular formula is C9H13F2N3O. The molecule has 0 saturated carbocycles. The Labute approximate surface area is 86.3 Å². The molecule has 0 unspecified atom stereocenters. The fourth-order valence-corrected chi connectivity index (χ4v) is 1.15. The summed E-state index contributed by atoms with van der Waals surface area (Å²) in [5.41, 5.74) is 0. The van der Waals surface area contributed by atoms with Crippen molar-refractivity contribution in [2.24, 2.45) is 0 Å². The molecule has 0 aliphatic rings. The van der Waals surface area contributed by atoms with Crippen LogP contribution in [0.15, 0.2) is 12.4 Å². The first-order valence-corrected chi connectivity index (χ1v) is 4.71. The molecule has 1 rings (SSSR count). The number of alkyl halides is 2. The molecule has 0 atom stereocenters. The number of carbonyl (C=O) groups is 1. The molecule has 0 aliphatic carbocycles. The highest BCUT2D eigenvalue weighted by atomic mass is 19.3. The lowest BCUT2D eigenvalue weighted by atomic mass is 10.3. The highest BCUT2D eigenvalue weighted by molar-refractivity contribution is 5.75. The van der Waals surface area contributed by atoms with Gasteiger partial charge in [0.25, 0.3) is 0 Å². The molecule has 0 fully saturated rings. The maximum absolute atomic E-state index is 12.3. The molecule has 0 aliphatic heterocycles. The van der Waals surface area contributed by atoms with Crippen molar-refractivity contribution in [2.45, 2.75) is 32.9 Å². The first kappa shape index (κ1) is 11.6. The van der Waals surface area contributed by atoms with Crippen molar-refractivity contribution in [1.82, 2.24) is 14.9 Å². The lowest BCUT2D eigenvalue weighted by molar-refractivity contribution is -0.121. The second kappa shape index (κ2) is 5.43. The van der Waals surface area contributed by atoms with Crippen LogP contribution in [0.25, 0.3) is 0 Å². The van der Waals surface area contributed by atoms with Crippen molar-refractivity contribution in [3.8, 4) is 0 Å². The summed E-state index contributed by atoms with van der Waals surface area (Å²) >= 11 is 0. The zero-order chi connectivity index (χ0) is 11.3. The van der Waals surface area contributed by atoms with Gasteiger partial charge in [0.15, 0.2) is 0 Å². The average molecular weight is 217 g/mol. The van der Waals surface area contributed by atoms with Crippen LogP contribution in [0.4, 0.5) is 8.78 Å². The smallest absolute Gasteiger partial charge is 0.319 e. The number of amides is 1. The van der Waals surface area contributed by atoms with Crippen LogP contribution in [0.2, 0.25) is 0 Å². The lowest BCUT2D eigenvalue weighted by Crippen LogP contribution is -2.24. The van der Waals surface area contributed by atoms with E-state index in [-0.39, 0.29) is 18.3 Å². The van der Waals surface area contributed by atoms with Gasteiger partial charge >= 0.3 is 6.55 Å². The van der Waals surface area contributed by atoms with Crippen molar-refractivity contribution < 1.29 is 13.6 Å². The van der Waals surface area contributed by atoms with Crippen LogP contribution in [0.1, 0.15) is 32.1 Å². The van der Waals surface area contributed by atoms with Crippen LogP contribution in [-0.4, -0.2) is 15.5 Å². The number of imidazole rings is 1. The average Bonchev–Trinajstić information content (AvgIpc) is 2.63. The van der Waals surface area contributed by atoms with Gasteiger partial charge in [-0.1, -0.05) is 6.92 Å². The third-order valence-electron chi connectivity index (χ3n) is 1.88. The molecule has 1 N–H and O–H groups in total. The van der Waals surface area contributed by atoms with E-state index in [0.717, 1.165) is 11.0 Å². The Morgan fingerprint density at radius 3 is 3.00 bits per heavy atom. The maximum atomic E-state index is 12.3. The van der Waals surface area contributed by atoms with Crippen molar-refractivity contribution in [3.05, 3.63) is 18.2 Å². The number of carbonyl (C=O) groups excluding carboxylic acids is 1. The predicted molar refractivity (Wildman–Crippen MR) is 50.2 cm³/mol. The Morgan fingerprint density at radius 2 is 2.40 bits per heavy atom. The largest absolute Gasteiger partial charge is 0.349 e. The van der Waals surface area contributed by atoms with Crippen LogP contribution in [0, 0.1) is 0 Å². The molecule has 4 nitrogen and oxygen atoms in total. The van der Waals surface area contributed by atoms with Gasteiger partial charge in [-0.2, -0.15) is 8.78 Å². The first-order chi connectivity index (χ1) is 7.15. The number of hydrogen-bond acceptors (Lipinski definition) is 2. The van der Waals surface area contributed by atoms with Crippen LogP contribution in [0.5, 0.6) is 0 Å². The van der Waals surface area contributed by atoms with E-state index in [1.165, 1.54) is 12.4 Å². The van der Waals surface area contributed by atoms with Crippen LogP contribution in [0.3, 0.4) is 0 Å². The third kappa shape index (κ3) is 3.30. The number of aromatic nitrogens is 2. The van der Waals surface area contributed by atoms with E-state index >= 15 is 0 Å². The van der Waals surface area contributed by atoms with E-state index in [9.17, 15) is 13.6 Å². The molecule has 1 aromatic rings. The standard InChI is InChI=1S/C9H13F2N3O/c1-2-3-8(15)13-6-7-12-4-5-14(7)9(10)11/h4-5,9H,2-3,6H2,1H3,(H,13,15). The molecule has 15 heavy (non-hydrogen) atoms. The molecule has 0 aromatic carbocycles. The normalized spacial score (nSPS) is 10.7. The molecule has 1 aromatic heterocycles. The monoisotopic (exact) mass is 217 g/mol. The van der Waals surface area contributed by atoms with Crippen LogP contribution < -0.4 is 5.32 Å². The first-order valence-electron chi connectivity index (χ1n) is 4.71. The van der Waals surface area contributed by atoms with Crippen molar-refractivity contribution in [2.75, 3.05) is 0 Å². The summed E-state index contributed by atoms with van der Waals surface area (Å²) in [5, 5.41) is 2.53. The van der Waals surface area contributed by atoms with Gasteiger partial charge < -0.3 is 5.32 Å². The Bertz CT molecular complexity index is 325. The summed E-state index contributed by atoms with van der Waals surface area (Å²) in [5.74, 6) is 0.00997. The van der Waals surface area contributed by atoms with Gasteiger partial charge in [-0.05, 0) is 6.42 Å². The Hall–Kier alpha value is -1.46. The third-order valence-corrected chi connectivity index (χ3v) is 1.88. The van der Waals surface area contributed by atoms with E-state index in [1.54, 1.807) is 0 Å². The molecule has 0 spiro atoms. The number of nitrogens with zero attached hydrogens (tertiary/aromatic N) is 2. The molecule has 1 amide bonds. The van der Waals surface area contributed by atoms with Gasteiger partial charge in [-0.15, -0.1) is 0 Å². The lowest BCUT2D eigenvalue weighted by Gasteiger charge is -2.07. The van der Waals surface area contributed by atoms with Gasteiger partial charge in [-0.3, -0.25) is 9.36 Å². The number of nitrogens with one attached hydrogen (secondary N) is 1. The summed E-state index contributed by atoms with van der Waals surface area (Å²) in [6.45, 7) is -0.707. The fourth-order valence-electron chi connectivity index (χ4n) is 1.15. The summed E-state index contributed by atoms with van der Waals surface area (Å²) in [4.78, 5) is 14.8. The SMILES string of the molecule is CCCC(=O)NCc1nccn1C(F)F. The molecule has 84 valence electrons. The number of rotatable bonds is 5. The van der Waals surface area contributed by atoms with E-state index in [4.69, 9.17) is 0 Å². The highest BCUT2D eigenvalue weighted by Gasteiger charge is 2.11. The minimum atomic E-state index is -2.62. The molecular weight excluding hydrogens is 204 g/mol. The fraction of sp³-hybridized carbons (Fsp3) is 0.556. The highest BCUT2D eigenvalue weighted by Crippen LogP contribution is 2.11. The van der Waals surface area contributed by atoms with Gasteiger partial charge in [-0.25, -0.2) is 4.98 Å². The summed E-state index contributed by atoms with van der Waals surface area (Å²) in [6.07, 6.45) is 3.60.